The molecule has 0 atom stereocenters. The van der Waals surface area contributed by atoms with Crippen molar-refractivity contribution in [2.45, 2.75) is 39.8 Å². The molecule has 3 heterocycles. The quantitative estimate of drug-likeness (QED) is 0.513. The summed E-state index contributed by atoms with van der Waals surface area (Å²) in [5.74, 6) is 0.667. The number of aryl methyl sites for hydroxylation is 2. The van der Waals surface area contributed by atoms with E-state index >= 15 is 0 Å². The Morgan fingerprint density at radius 3 is 2.78 bits per heavy atom. The van der Waals surface area contributed by atoms with Crippen LogP contribution in [0.15, 0.2) is 41.5 Å². The monoisotopic (exact) mass is 380 g/mol. The lowest BCUT2D eigenvalue weighted by molar-refractivity contribution is 0.521. The number of hydrogen-bond acceptors (Lipinski definition) is 6. The summed E-state index contributed by atoms with van der Waals surface area (Å²) in [5, 5.41) is 12.5. The van der Waals surface area contributed by atoms with Crippen molar-refractivity contribution in [1.82, 2.24) is 29.8 Å². The zero-order valence-corrected chi connectivity index (χ0v) is 16.1. The van der Waals surface area contributed by atoms with E-state index < -0.39 is 0 Å². The van der Waals surface area contributed by atoms with Gasteiger partial charge in [0.25, 0.3) is 5.56 Å². The van der Waals surface area contributed by atoms with Crippen LogP contribution in [-0.2, 0) is 13.1 Å². The van der Waals surface area contributed by atoms with Crippen LogP contribution in [0.3, 0.4) is 0 Å². The molecule has 0 spiro atoms. The minimum atomic E-state index is -0.0618. The van der Waals surface area contributed by atoms with Crippen molar-refractivity contribution < 1.29 is 0 Å². The lowest BCUT2D eigenvalue weighted by atomic mass is 10.0. The molecule has 1 aromatic carbocycles. The number of fused-ring (bicyclic) bond motifs is 1. The number of hydrogen-bond donors (Lipinski definition) is 0. The number of rotatable bonds is 6. The van der Waals surface area contributed by atoms with Gasteiger partial charge in [-0.3, -0.25) is 9.36 Å². The smallest absolute Gasteiger partial charge is 0.263 e. The molecule has 0 radical (unpaired) electrons. The van der Waals surface area contributed by atoms with Crippen LogP contribution in [0.5, 0.6) is 0 Å². The fourth-order valence-electron chi connectivity index (χ4n) is 3.17. The molecule has 3 aromatic heterocycles. The van der Waals surface area contributed by atoms with Crippen molar-refractivity contribution in [1.29, 1.82) is 0 Å². The van der Waals surface area contributed by atoms with Gasteiger partial charge in [0.1, 0.15) is 4.83 Å². The molecule has 0 saturated carbocycles. The fraction of sp³-hybridized carbons (Fsp3) is 0.316. The highest BCUT2D eigenvalue weighted by Crippen LogP contribution is 2.35. The Labute approximate surface area is 160 Å². The van der Waals surface area contributed by atoms with E-state index in [-0.39, 0.29) is 5.56 Å². The zero-order valence-electron chi connectivity index (χ0n) is 15.3. The summed E-state index contributed by atoms with van der Waals surface area (Å²) < 4.78 is 3.35. The summed E-state index contributed by atoms with van der Waals surface area (Å²) in [6.45, 7) is 5.21. The molecule has 8 heteroatoms. The molecule has 0 unspecified atom stereocenters. The van der Waals surface area contributed by atoms with E-state index in [0.29, 0.717) is 17.8 Å². The van der Waals surface area contributed by atoms with Gasteiger partial charge >= 0.3 is 0 Å². The maximum Gasteiger partial charge on any atom is 0.263 e. The van der Waals surface area contributed by atoms with Gasteiger partial charge in [-0.25, -0.2) is 9.67 Å². The van der Waals surface area contributed by atoms with E-state index in [1.807, 2.05) is 37.3 Å². The minimum absolute atomic E-state index is 0.0618. The van der Waals surface area contributed by atoms with Gasteiger partial charge in [-0.15, -0.1) is 16.4 Å². The Bertz CT molecular complexity index is 1130. The molecule has 0 bridgehead atoms. The maximum absolute atomic E-state index is 13.2. The highest BCUT2D eigenvalue weighted by molar-refractivity contribution is 7.19. The molecule has 7 nitrogen and oxygen atoms in total. The molecule has 0 amide bonds. The number of unbranched alkanes of at least 4 members (excludes halogenated alkanes) is 1. The predicted molar refractivity (Wildman–Crippen MR) is 106 cm³/mol. The van der Waals surface area contributed by atoms with Gasteiger partial charge < -0.3 is 0 Å². The minimum Gasteiger partial charge on any atom is -0.291 e. The van der Waals surface area contributed by atoms with E-state index in [1.165, 1.54) is 0 Å². The second-order valence-electron chi connectivity index (χ2n) is 6.43. The molecule has 27 heavy (non-hydrogen) atoms. The Morgan fingerprint density at radius 1 is 1.19 bits per heavy atom. The van der Waals surface area contributed by atoms with Gasteiger partial charge in [0.15, 0.2) is 5.82 Å². The van der Waals surface area contributed by atoms with Crippen molar-refractivity contribution in [2.75, 3.05) is 0 Å². The van der Waals surface area contributed by atoms with Crippen LogP contribution in [0, 0.1) is 6.92 Å². The van der Waals surface area contributed by atoms with E-state index in [4.69, 9.17) is 0 Å². The van der Waals surface area contributed by atoms with Crippen LogP contribution in [0.25, 0.3) is 21.3 Å². The predicted octanol–water partition coefficient (Wildman–Crippen LogP) is 3.27. The van der Waals surface area contributed by atoms with E-state index in [9.17, 15) is 4.79 Å². The topological polar surface area (TPSA) is 78.5 Å². The third-order valence-electron chi connectivity index (χ3n) is 4.56. The summed E-state index contributed by atoms with van der Waals surface area (Å²) in [4.78, 5) is 19.6. The first kappa shape index (κ1) is 17.5. The van der Waals surface area contributed by atoms with E-state index in [2.05, 4.69) is 27.4 Å². The summed E-state index contributed by atoms with van der Waals surface area (Å²) >= 11 is 1.55. The van der Waals surface area contributed by atoms with Crippen molar-refractivity contribution in [3.05, 3.63) is 57.7 Å². The first-order chi connectivity index (χ1) is 13.2. The Balaban J connectivity index is 1.79. The number of thiophene rings is 1. The molecule has 4 rings (SSSR count). The third kappa shape index (κ3) is 3.28. The molecule has 0 fully saturated rings. The normalized spacial score (nSPS) is 11.3. The Morgan fingerprint density at radius 2 is 2.00 bits per heavy atom. The highest BCUT2D eigenvalue weighted by atomic mass is 32.1. The van der Waals surface area contributed by atoms with Crippen LogP contribution in [-0.4, -0.2) is 29.8 Å². The third-order valence-corrected chi connectivity index (χ3v) is 5.57. The summed E-state index contributed by atoms with van der Waals surface area (Å²) in [7, 11) is 0. The Kier molecular flexibility index (Phi) is 4.81. The largest absolute Gasteiger partial charge is 0.291 e. The molecular formula is C19H20N6OS. The first-order valence-corrected chi connectivity index (χ1v) is 9.79. The van der Waals surface area contributed by atoms with Gasteiger partial charge in [-0.1, -0.05) is 43.7 Å². The SMILES string of the molecule is CCCCn1nnnc1Cn1cnc2sc(C)c(-c3ccccc3)c2c1=O. The lowest BCUT2D eigenvalue weighted by Gasteiger charge is -2.07. The van der Waals surface area contributed by atoms with Crippen LogP contribution in [0.2, 0.25) is 0 Å². The fourth-order valence-corrected chi connectivity index (χ4v) is 4.18. The summed E-state index contributed by atoms with van der Waals surface area (Å²) in [6, 6.07) is 9.98. The highest BCUT2D eigenvalue weighted by Gasteiger charge is 2.17. The second-order valence-corrected chi connectivity index (χ2v) is 7.63. The molecule has 0 N–H and O–H groups in total. The lowest BCUT2D eigenvalue weighted by Crippen LogP contribution is -2.23. The molecule has 0 aliphatic heterocycles. The summed E-state index contributed by atoms with van der Waals surface area (Å²) in [6.07, 6.45) is 3.64. The van der Waals surface area contributed by atoms with E-state index in [0.717, 1.165) is 40.2 Å². The van der Waals surface area contributed by atoms with Crippen LogP contribution < -0.4 is 5.56 Å². The maximum atomic E-state index is 13.2. The standard InChI is InChI=1S/C19H20N6OS/c1-3-4-10-25-15(21-22-23-25)11-24-12-20-18-17(19(24)26)16(13(2)27-18)14-8-6-5-7-9-14/h5-9,12H,3-4,10-11H2,1-2H3. The van der Waals surface area contributed by atoms with Gasteiger partial charge in [-0.05, 0) is 29.3 Å². The molecule has 0 saturated heterocycles. The van der Waals surface area contributed by atoms with Gasteiger partial charge in [0.05, 0.1) is 18.3 Å². The number of aromatic nitrogens is 6. The van der Waals surface area contributed by atoms with Crippen molar-refractivity contribution in [3.8, 4) is 11.1 Å². The summed E-state index contributed by atoms with van der Waals surface area (Å²) in [5.41, 5.74) is 1.94. The van der Waals surface area contributed by atoms with Crippen molar-refractivity contribution in [3.63, 3.8) is 0 Å². The average Bonchev–Trinajstić information content (AvgIpc) is 3.26. The molecule has 138 valence electrons. The number of tetrazole rings is 1. The zero-order chi connectivity index (χ0) is 18.8. The number of nitrogens with zero attached hydrogens (tertiary/aromatic N) is 6. The van der Waals surface area contributed by atoms with Crippen molar-refractivity contribution in [2.24, 2.45) is 0 Å². The van der Waals surface area contributed by atoms with Gasteiger partial charge in [0, 0.05) is 17.0 Å². The van der Waals surface area contributed by atoms with Crippen LogP contribution >= 0.6 is 11.3 Å². The molecule has 0 aliphatic rings. The molecule has 4 aromatic rings. The van der Waals surface area contributed by atoms with Gasteiger partial charge in [0.2, 0.25) is 0 Å². The van der Waals surface area contributed by atoms with Crippen molar-refractivity contribution >= 4 is 21.6 Å². The Hall–Kier alpha value is -2.87. The first-order valence-electron chi connectivity index (χ1n) is 8.98. The molecular weight excluding hydrogens is 360 g/mol. The second kappa shape index (κ2) is 7.40. The average molecular weight is 380 g/mol. The molecule has 0 aliphatic carbocycles. The van der Waals surface area contributed by atoms with Gasteiger partial charge in [-0.2, -0.15) is 0 Å². The van der Waals surface area contributed by atoms with Crippen LogP contribution in [0.4, 0.5) is 0 Å². The number of benzene rings is 1. The van der Waals surface area contributed by atoms with E-state index in [1.54, 1.807) is 26.9 Å². The van der Waals surface area contributed by atoms with Crippen LogP contribution in [0.1, 0.15) is 30.5 Å².